The summed E-state index contributed by atoms with van der Waals surface area (Å²) in [6.07, 6.45) is 5.67. The lowest BCUT2D eigenvalue weighted by molar-refractivity contribution is -0.128. The van der Waals surface area contributed by atoms with Gasteiger partial charge in [-0.25, -0.2) is 0 Å². The maximum absolute atomic E-state index is 12.3. The number of rotatable bonds is 5. The summed E-state index contributed by atoms with van der Waals surface area (Å²) < 4.78 is 5.33. The standard InChI is InChI=1S/C19H28N2O2/c22-19(16-8-12-23-13-9-16)20-14-17-6-2-3-7-18(17)15-21-10-4-1-5-11-21/h2-3,6-7,16H,1,4-5,8-15H2,(H,20,22). The fourth-order valence-corrected chi connectivity index (χ4v) is 3.53. The normalized spacial score (nSPS) is 20.3. The van der Waals surface area contributed by atoms with Crippen LogP contribution in [0.15, 0.2) is 24.3 Å². The largest absolute Gasteiger partial charge is 0.381 e. The van der Waals surface area contributed by atoms with Crippen molar-refractivity contribution in [3.63, 3.8) is 0 Å². The number of hydrogen-bond acceptors (Lipinski definition) is 3. The Kier molecular flexibility index (Phi) is 6.06. The van der Waals surface area contributed by atoms with Gasteiger partial charge in [0.15, 0.2) is 0 Å². The van der Waals surface area contributed by atoms with E-state index in [0.717, 1.165) is 19.4 Å². The number of hydrogen-bond donors (Lipinski definition) is 1. The van der Waals surface area contributed by atoms with Crippen molar-refractivity contribution in [1.29, 1.82) is 0 Å². The van der Waals surface area contributed by atoms with E-state index in [9.17, 15) is 4.79 Å². The fourth-order valence-electron chi connectivity index (χ4n) is 3.53. The van der Waals surface area contributed by atoms with Crippen LogP contribution in [0.2, 0.25) is 0 Å². The summed E-state index contributed by atoms with van der Waals surface area (Å²) in [6.45, 7) is 5.46. The first-order chi connectivity index (χ1) is 11.3. The number of piperidine rings is 1. The van der Waals surface area contributed by atoms with Gasteiger partial charge in [0, 0.05) is 32.2 Å². The summed E-state index contributed by atoms with van der Waals surface area (Å²) in [5.74, 6) is 0.305. The molecule has 0 radical (unpaired) electrons. The highest BCUT2D eigenvalue weighted by atomic mass is 16.5. The van der Waals surface area contributed by atoms with Crippen LogP contribution >= 0.6 is 0 Å². The van der Waals surface area contributed by atoms with Crippen molar-refractivity contribution in [3.8, 4) is 0 Å². The van der Waals surface area contributed by atoms with E-state index in [1.54, 1.807) is 0 Å². The second-order valence-electron chi connectivity index (χ2n) is 6.71. The highest BCUT2D eigenvalue weighted by Gasteiger charge is 2.21. The summed E-state index contributed by atoms with van der Waals surface area (Å²) in [5, 5.41) is 3.13. The van der Waals surface area contributed by atoms with Crippen molar-refractivity contribution in [2.75, 3.05) is 26.3 Å². The van der Waals surface area contributed by atoms with Crippen LogP contribution in [-0.4, -0.2) is 37.1 Å². The number of ether oxygens (including phenoxy) is 1. The van der Waals surface area contributed by atoms with Crippen LogP contribution in [-0.2, 0) is 22.6 Å². The molecule has 3 rings (SSSR count). The van der Waals surface area contributed by atoms with Crippen LogP contribution in [0.1, 0.15) is 43.2 Å². The van der Waals surface area contributed by atoms with Crippen LogP contribution in [0.5, 0.6) is 0 Å². The molecule has 23 heavy (non-hydrogen) atoms. The Hall–Kier alpha value is -1.39. The first-order valence-corrected chi connectivity index (χ1v) is 8.97. The molecule has 0 aliphatic carbocycles. The molecule has 1 aromatic carbocycles. The van der Waals surface area contributed by atoms with Crippen molar-refractivity contribution in [2.24, 2.45) is 5.92 Å². The Morgan fingerprint density at radius 1 is 1.09 bits per heavy atom. The van der Waals surface area contributed by atoms with Crippen molar-refractivity contribution in [1.82, 2.24) is 10.2 Å². The van der Waals surface area contributed by atoms with Crippen LogP contribution in [0.3, 0.4) is 0 Å². The summed E-state index contributed by atoms with van der Waals surface area (Å²) in [4.78, 5) is 14.8. The molecule has 126 valence electrons. The zero-order chi connectivity index (χ0) is 15.9. The lowest BCUT2D eigenvalue weighted by Crippen LogP contribution is -2.34. The maximum Gasteiger partial charge on any atom is 0.223 e. The van der Waals surface area contributed by atoms with E-state index in [1.165, 1.54) is 43.5 Å². The van der Waals surface area contributed by atoms with E-state index in [4.69, 9.17) is 4.74 Å². The van der Waals surface area contributed by atoms with E-state index >= 15 is 0 Å². The minimum atomic E-state index is 0.123. The van der Waals surface area contributed by atoms with Gasteiger partial charge in [0.1, 0.15) is 0 Å². The Balaban J connectivity index is 1.55. The quantitative estimate of drug-likeness (QED) is 0.908. The molecule has 1 aromatic rings. The van der Waals surface area contributed by atoms with Crippen molar-refractivity contribution < 1.29 is 9.53 Å². The molecular formula is C19H28N2O2. The van der Waals surface area contributed by atoms with Crippen molar-refractivity contribution in [2.45, 2.75) is 45.2 Å². The van der Waals surface area contributed by atoms with Gasteiger partial charge in [-0.3, -0.25) is 9.69 Å². The minimum absolute atomic E-state index is 0.123. The van der Waals surface area contributed by atoms with E-state index in [1.807, 2.05) is 0 Å². The topological polar surface area (TPSA) is 41.6 Å². The molecule has 1 amide bonds. The molecule has 2 aliphatic heterocycles. The Bertz CT molecular complexity index is 506. The van der Waals surface area contributed by atoms with Gasteiger partial charge in [-0.2, -0.15) is 0 Å². The SMILES string of the molecule is O=C(NCc1ccccc1CN1CCCCC1)C1CCOCC1. The average Bonchev–Trinajstić information content (AvgIpc) is 2.62. The van der Waals surface area contributed by atoms with Crippen molar-refractivity contribution >= 4 is 5.91 Å². The number of likely N-dealkylation sites (tertiary alicyclic amines) is 1. The average molecular weight is 316 g/mol. The fraction of sp³-hybridized carbons (Fsp3) is 0.632. The van der Waals surface area contributed by atoms with Crippen LogP contribution in [0.25, 0.3) is 0 Å². The molecule has 0 aromatic heterocycles. The predicted octanol–water partition coefficient (Wildman–Crippen LogP) is 2.72. The lowest BCUT2D eigenvalue weighted by atomic mass is 9.99. The van der Waals surface area contributed by atoms with Gasteiger partial charge in [0.25, 0.3) is 0 Å². The number of amides is 1. The highest BCUT2D eigenvalue weighted by molar-refractivity contribution is 5.78. The molecular weight excluding hydrogens is 288 g/mol. The van der Waals surface area contributed by atoms with Crippen LogP contribution in [0, 0.1) is 5.92 Å². The first-order valence-electron chi connectivity index (χ1n) is 8.97. The summed E-state index contributed by atoms with van der Waals surface area (Å²) >= 11 is 0. The van der Waals surface area contributed by atoms with Crippen molar-refractivity contribution in [3.05, 3.63) is 35.4 Å². The van der Waals surface area contributed by atoms with Gasteiger partial charge in [-0.15, -0.1) is 0 Å². The highest BCUT2D eigenvalue weighted by Crippen LogP contribution is 2.18. The second kappa shape index (κ2) is 8.46. The minimum Gasteiger partial charge on any atom is -0.381 e. The summed E-state index contributed by atoms with van der Waals surface area (Å²) in [7, 11) is 0. The molecule has 2 saturated heterocycles. The van der Waals surface area contributed by atoms with E-state index < -0.39 is 0 Å². The number of nitrogens with one attached hydrogen (secondary N) is 1. The van der Waals surface area contributed by atoms with E-state index in [2.05, 4.69) is 34.5 Å². The van der Waals surface area contributed by atoms with Gasteiger partial charge in [0.2, 0.25) is 5.91 Å². The number of carbonyl (C=O) groups is 1. The van der Waals surface area contributed by atoms with E-state index in [0.29, 0.717) is 19.8 Å². The number of benzene rings is 1. The second-order valence-corrected chi connectivity index (χ2v) is 6.71. The summed E-state index contributed by atoms with van der Waals surface area (Å²) in [6, 6.07) is 8.51. The van der Waals surface area contributed by atoms with Gasteiger partial charge >= 0.3 is 0 Å². The molecule has 0 saturated carbocycles. The Morgan fingerprint density at radius 3 is 2.52 bits per heavy atom. The molecule has 4 nitrogen and oxygen atoms in total. The maximum atomic E-state index is 12.3. The van der Waals surface area contributed by atoms with Gasteiger partial charge < -0.3 is 10.1 Å². The van der Waals surface area contributed by atoms with Gasteiger partial charge in [0.05, 0.1) is 0 Å². The lowest BCUT2D eigenvalue weighted by Gasteiger charge is -2.27. The monoisotopic (exact) mass is 316 g/mol. The van der Waals surface area contributed by atoms with E-state index in [-0.39, 0.29) is 11.8 Å². The van der Waals surface area contributed by atoms with Gasteiger partial charge in [-0.05, 0) is 49.9 Å². The smallest absolute Gasteiger partial charge is 0.223 e. The predicted molar refractivity (Wildman–Crippen MR) is 91.0 cm³/mol. The molecule has 2 fully saturated rings. The van der Waals surface area contributed by atoms with Crippen LogP contribution in [0.4, 0.5) is 0 Å². The Labute approximate surface area is 139 Å². The third-order valence-corrected chi connectivity index (χ3v) is 5.01. The molecule has 0 unspecified atom stereocenters. The Morgan fingerprint density at radius 2 is 1.78 bits per heavy atom. The van der Waals surface area contributed by atoms with Gasteiger partial charge in [-0.1, -0.05) is 30.7 Å². The molecule has 0 bridgehead atoms. The number of nitrogens with zero attached hydrogens (tertiary/aromatic N) is 1. The summed E-state index contributed by atoms with van der Waals surface area (Å²) in [5.41, 5.74) is 2.60. The third kappa shape index (κ3) is 4.79. The third-order valence-electron chi connectivity index (χ3n) is 5.01. The molecule has 0 atom stereocenters. The molecule has 2 heterocycles. The van der Waals surface area contributed by atoms with Crippen LogP contribution < -0.4 is 5.32 Å². The first kappa shape index (κ1) is 16.5. The molecule has 2 aliphatic rings. The molecule has 0 spiro atoms. The number of carbonyl (C=O) groups excluding carboxylic acids is 1. The zero-order valence-electron chi connectivity index (χ0n) is 13.9. The zero-order valence-corrected chi connectivity index (χ0v) is 13.9. The molecule has 1 N–H and O–H groups in total. The molecule has 4 heteroatoms.